The molecule has 4 aromatic rings. The van der Waals surface area contributed by atoms with Crippen LogP contribution in [0.2, 0.25) is 0 Å². The maximum Gasteiger partial charge on any atom is 0.316 e. The van der Waals surface area contributed by atoms with Crippen LogP contribution in [0.15, 0.2) is 54.9 Å². The zero-order chi connectivity index (χ0) is 24.8. The van der Waals surface area contributed by atoms with Gasteiger partial charge in [0, 0.05) is 30.2 Å². The van der Waals surface area contributed by atoms with Crippen molar-refractivity contribution in [1.29, 1.82) is 5.26 Å². The van der Waals surface area contributed by atoms with Crippen molar-refractivity contribution in [3.63, 3.8) is 0 Å². The summed E-state index contributed by atoms with van der Waals surface area (Å²) in [5.74, 6) is -0.844. The van der Waals surface area contributed by atoms with Crippen molar-refractivity contribution in [3.05, 3.63) is 76.6 Å². The number of nitrogens with one attached hydrogen (secondary N) is 1. The molecule has 2 amide bonds. The van der Waals surface area contributed by atoms with E-state index < -0.39 is 11.8 Å². The lowest BCUT2D eigenvalue weighted by atomic mass is 10.1. The van der Waals surface area contributed by atoms with E-state index in [0.717, 1.165) is 25.7 Å². The molecule has 0 aliphatic heterocycles. The molecule has 0 bridgehead atoms. The fourth-order valence-corrected chi connectivity index (χ4v) is 4.16. The molecule has 9 nitrogen and oxygen atoms in total. The molecule has 10 heteroatoms. The number of nitrogens with zero attached hydrogens (tertiary/aromatic N) is 5. The Kier molecular flexibility index (Phi) is 7.28. The number of carbonyl (C=O) groups excluding carboxylic acids is 2. The second kappa shape index (κ2) is 10.7. The van der Waals surface area contributed by atoms with Crippen molar-refractivity contribution >= 4 is 39.1 Å². The van der Waals surface area contributed by atoms with Gasteiger partial charge in [-0.05, 0) is 43.2 Å². The molecule has 2 heterocycles. The van der Waals surface area contributed by atoms with Gasteiger partial charge in [0.05, 0.1) is 15.8 Å². The van der Waals surface area contributed by atoms with Gasteiger partial charge in [-0.2, -0.15) is 5.26 Å². The third-order valence-electron chi connectivity index (χ3n) is 5.10. The van der Waals surface area contributed by atoms with Crippen LogP contribution in [0.5, 0.6) is 6.01 Å². The SMILES string of the molecule is CCCN(C#N)C(=O)c1ccc(C)c(NC(=O)c2cnc(OCc3nc4ccccc4s3)nc2)c1. The van der Waals surface area contributed by atoms with Gasteiger partial charge in [0.2, 0.25) is 0 Å². The standard InChI is InChI=1S/C25H22N6O3S/c1-3-10-31(15-26)24(33)17-9-8-16(2)20(11-17)30-23(32)18-12-27-25(28-13-18)34-14-22-29-19-6-4-5-7-21(19)35-22/h4-9,11-13H,3,10,14H2,1-2H3,(H,30,32). The largest absolute Gasteiger partial charge is 0.456 e. The third kappa shape index (κ3) is 5.59. The van der Waals surface area contributed by atoms with Gasteiger partial charge in [0.15, 0.2) is 6.19 Å². The highest BCUT2D eigenvalue weighted by molar-refractivity contribution is 7.18. The monoisotopic (exact) mass is 486 g/mol. The summed E-state index contributed by atoms with van der Waals surface area (Å²) < 4.78 is 6.69. The van der Waals surface area contributed by atoms with E-state index in [1.165, 1.54) is 23.7 Å². The second-order valence-electron chi connectivity index (χ2n) is 7.66. The van der Waals surface area contributed by atoms with Gasteiger partial charge in [-0.25, -0.2) is 19.9 Å². The van der Waals surface area contributed by atoms with E-state index in [4.69, 9.17) is 4.74 Å². The first kappa shape index (κ1) is 23.8. The van der Waals surface area contributed by atoms with Crippen LogP contribution in [0.3, 0.4) is 0 Å². The number of thiazole rings is 1. The van der Waals surface area contributed by atoms with Gasteiger partial charge in [0.25, 0.3) is 11.8 Å². The number of aryl methyl sites for hydroxylation is 1. The number of hydrogen-bond acceptors (Lipinski definition) is 8. The Labute approximate surface area is 206 Å². The number of ether oxygens (including phenoxy) is 1. The van der Waals surface area contributed by atoms with Crippen LogP contribution in [0.25, 0.3) is 10.2 Å². The summed E-state index contributed by atoms with van der Waals surface area (Å²) in [6.07, 6.45) is 5.31. The number of rotatable bonds is 8. The number of aromatic nitrogens is 3. The first-order chi connectivity index (χ1) is 17.0. The molecule has 0 aliphatic rings. The molecule has 4 rings (SSSR count). The molecule has 0 saturated carbocycles. The van der Waals surface area contributed by atoms with E-state index in [-0.39, 0.29) is 18.2 Å². The van der Waals surface area contributed by atoms with Crippen LogP contribution in [0.1, 0.15) is 44.6 Å². The van der Waals surface area contributed by atoms with Gasteiger partial charge in [-0.15, -0.1) is 11.3 Å². The third-order valence-corrected chi connectivity index (χ3v) is 6.11. The number of benzene rings is 2. The lowest BCUT2D eigenvalue weighted by molar-refractivity contribution is 0.0831. The molecule has 2 aromatic heterocycles. The summed E-state index contributed by atoms with van der Waals surface area (Å²) in [5.41, 5.74) is 2.70. The summed E-state index contributed by atoms with van der Waals surface area (Å²) >= 11 is 1.54. The second-order valence-corrected chi connectivity index (χ2v) is 8.77. The molecule has 0 atom stereocenters. The minimum Gasteiger partial charge on any atom is -0.456 e. The summed E-state index contributed by atoms with van der Waals surface area (Å²) in [5, 5.41) is 12.8. The predicted octanol–water partition coefficient (Wildman–Crippen LogP) is 4.56. The predicted molar refractivity (Wildman–Crippen MR) is 132 cm³/mol. The van der Waals surface area contributed by atoms with E-state index in [9.17, 15) is 14.9 Å². The maximum absolute atomic E-state index is 12.7. The van der Waals surface area contributed by atoms with Crippen molar-refractivity contribution in [2.45, 2.75) is 26.9 Å². The summed E-state index contributed by atoms with van der Waals surface area (Å²) in [6, 6.07) is 12.9. The highest BCUT2D eigenvalue weighted by Crippen LogP contribution is 2.22. The fraction of sp³-hybridized carbons (Fsp3) is 0.200. The molecule has 0 spiro atoms. The number of para-hydroxylation sites is 1. The van der Waals surface area contributed by atoms with Crippen LogP contribution in [-0.2, 0) is 6.61 Å². The minimum absolute atomic E-state index is 0.136. The van der Waals surface area contributed by atoms with Crippen LogP contribution in [-0.4, -0.2) is 38.2 Å². The van der Waals surface area contributed by atoms with Crippen molar-refractivity contribution in [3.8, 4) is 12.2 Å². The number of amides is 2. The first-order valence-electron chi connectivity index (χ1n) is 10.9. The number of anilines is 1. The Morgan fingerprint density at radius 3 is 2.63 bits per heavy atom. The van der Waals surface area contributed by atoms with Crippen molar-refractivity contribution in [2.75, 3.05) is 11.9 Å². The molecule has 0 radical (unpaired) electrons. The van der Waals surface area contributed by atoms with Gasteiger partial charge in [-0.1, -0.05) is 25.1 Å². The quantitative estimate of drug-likeness (QED) is 0.286. The zero-order valence-electron chi connectivity index (χ0n) is 19.2. The van der Waals surface area contributed by atoms with Gasteiger partial charge >= 0.3 is 6.01 Å². The van der Waals surface area contributed by atoms with Gasteiger partial charge in [-0.3, -0.25) is 9.59 Å². The Morgan fingerprint density at radius 2 is 1.91 bits per heavy atom. The lowest BCUT2D eigenvalue weighted by Crippen LogP contribution is -2.27. The smallest absolute Gasteiger partial charge is 0.316 e. The van der Waals surface area contributed by atoms with Crippen LogP contribution in [0, 0.1) is 18.4 Å². The molecule has 0 fully saturated rings. The maximum atomic E-state index is 12.7. The molecule has 176 valence electrons. The van der Waals surface area contributed by atoms with Crippen molar-refractivity contribution in [1.82, 2.24) is 19.9 Å². The number of nitriles is 1. The average molecular weight is 487 g/mol. The molecular weight excluding hydrogens is 464 g/mol. The zero-order valence-corrected chi connectivity index (χ0v) is 20.0. The van der Waals surface area contributed by atoms with Crippen molar-refractivity contribution in [2.24, 2.45) is 0 Å². The molecule has 1 N–H and O–H groups in total. The van der Waals surface area contributed by atoms with Crippen LogP contribution >= 0.6 is 11.3 Å². The number of carbonyl (C=O) groups is 2. The molecule has 0 unspecified atom stereocenters. The Bertz CT molecular complexity index is 1380. The molecule has 2 aromatic carbocycles. The molecule has 0 aliphatic carbocycles. The molecular formula is C25H22N6O3S. The highest BCUT2D eigenvalue weighted by atomic mass is 32.1. The lowest BCUT2D eigenvalue weighted by Gasteiger charge is -2.14. The van der Waals surface area contributed by atoms with E-state index in [0.29, 0.717) is 24.2 Å². The van der Waals surface area contributed by atoms with Crippen molar-refractivity contribution < 1.29 is 14.3 Å². The van der Waals surface area contributed by atoms with E-state index in [2.05, 4.69) is 20.3 Å². The first-order valence-corrected chi connectivity index (χ1v) is 11.7. The average Bonchev–Trinajstić information content (AvgIpc) is 3.30. The topological polar surface area (TPSA) is 121 Å². The van der Waals surface area contributed by atoms with Gasteiger partial charge < -0.3 is 10.1 Å². The number of hydrogen-bond donors (Lipinski definition) is 1. The van der Waals surface area contributed by atoms with Gasteiger partial charge in [0.1, 0.15) is 11.6 Å². The highest BCUT2D eigenvalue weighted by Gasteiger charge is 2.17. The van der Waals surface area contributed by atoms with Crippen LogP contribution in [0.4, 0.5) is 5.69 Å². The summed E-state index contributed by atoms with van der Waals surface area (Å²) in [4.78, 5) is 39.2. The Hall–Kier alpha value is -4.36. The minimum atomic E-state index is -0.430. The summed E-state index contributed by atoms with van der Waals surface area (Å²) in [7, 11) is 0. The summed E-state index contributed by atoms with van der Waals surface area (Å²) in [6.45, 7) is 4.25. The molecule has 35 heavy (non-hydrogen) atoms. The molecule has 0 saturated heterocycles. The Balaban J connectivity index is 1.40. The Morgan fingerprint density at radius 1 is 1.14 bits per heavy atom. The van der Waals surface area contributed by atoms with E-state index in [1.54, 1.807) is 18.2 Å². The fourth-order valence-electron chi connectivity index (χ4n) is 3.28. The normalized spacial score (nSPS) is 10.5. The van der Waals surface area contributed by atoms with Crippen LogP contribution < -0.4 is 10.1 Å². The van der Waals surface area contributed by atoms with E-state index >= 15 is 0 Å². The number of fused-ring (bicyclic) bond motifs is 1. The van der Waals surface area contributed by atoms with E-state index in [1.807, 2.05) is 44.3 Å².